The van der Waals surface area contributed by atoms with Crippen LogP contribution in [0.15, 0.2) is 18.2 Å². The van der Waals surface area contributed by atoms with Crippen molar-refractivity contribution in [1.29, 1.82) is 0 Å². The van der Waals surface area contributed by atoms with Crippen LogP contribution < -0.4 is 14.8 Å². The van der Waals surface area contributed by atoms with Gasteiger partial charge in [0.1, 0.15) is 0 Å². The molecule has 1 aliphatic rings. The summed E-state index contributed by atoms with van der Waals surface area (Å²) >= 11 is 0. The first-order valence-electron chi connectivity index (χ1n) is 7.58. The largest absolute Gasteiger partial charge is 0.493 e. The highest BCUT2D eigenvalue weighted by Crippen LogP contribution is 2.30. The molecule has 0 atom stereocenters. The van der Waals surface area contributed by atoms with Gasteiger partial charge in [0.25, 0.3) is 0 Å². The van der Waals surface area contributed by atoms with Crippen LogP contribution in [0.4, 0.5) is 8.78 Å². The molecule has 22 heavy (non-hydrogen) atoms. The molecule has 0 aromatic heterocycles. The SMILES string of the molecule is COc1ccc(CNC2CCC(CO)CC2)cc1OC(F)F. The van der Waals surface area contributed by atoms with E-state index < -0.39 is 6.61 Å². The van der Waals surface area contributed by atoms with Crippen LogP contribution in [0.1, 0.15) is 31.2 Å². The summed E-state index contributed by atoms with van der Waals surface area (Å²) in [7, 11) is 1.42. The summed E-state index contributed by atoms with van der Waals surface area (Å²) in [5.41, 5.74) is 0.876. The van der Waals surface area contributed by atoms with Gasteiger partial charge in [0.15, 0.2) is 11.5 Å². The van der Waals surface area contributed by atoms with E-state index in [4.69, 9.17) is 9.84 Å². The van der Waals surface area contributed by atoms with Gasteiger partial charge >= 0.3 is 6.61 Å². The van der Waals surface area contributed by atoms with Crippen molar-refractivity contribution in [3.05, 3.63) is 23.8 Å². The van der Waals surface area contributed by atoms with E-state index in [1.165, 1.54) is 7.11 Å². The Labute approximate surface area is 129 Å². The summed E-state index contributed by atoms with van der Waals surface area (Å²) in [6.45, 7) is -2.01. The van der Waals surface area contributed by atoms with Crippen LogP contribution >= 0.6 is 0 Å². The molecule has 2 N–H and O–H groups in total. The number of hydrogen-bond acceptors (Lipinski definition) is 4. The minimum absolute atomic E-state index is 0.0563. The van der Waals surface area contributed by atoms with Gasteiger partial charge < -0.3 is 19.9 Å². The van der Waals surface area contributed by atoms with Crippen LogP contribution in [0.25, 0.3) is 0 Å². The molecule has 0 unspecified atom stereocenters. The zero-order valence-electron chi connectivity index (χ0n) is 12.7. The topological polar surface area (TPSA) is 50.7 Å². The van der Waals surface area contributed by atoms with Crippen molar-refractivity contribution in [1.82, 2.24) is 5.32 Å². The lowest BCUT2D eigenvalue weighted by Gasteiger charge is -2.28. The molecule has 1 aliphatic carbocycles. The van der Waals surface area contributed by atoms with E-state index in [9.17, 15) is 8.78 Å². The van der Waals surface area contributed by atoms with Crippen molar-refractivity contribution in [3.8, 4) is 11.5 Å². The highest BCUT2D eigenvalue weighted by atomic mass is 19.3. The average molecular weight is 315 g/mol. The van der Waals surface area contributed by atoms with E-state index in [1.807, 2.05) is 6.07 Å². The maximum absolute atomic E-state index is 12.4. The van der Waals surface area contributed by atoms with Gasteiger partial charge in [0.2, 0.25) is 0 Å². The Hall–Kier alpha value is -1.40. The number of ether oxygens (including phenoxy) is 2. The highest BCUT2D eigenvalue weighted by Gasteiger charge is 2.20. The number of aliphatic hydroxyl groups excluding tert-OH is 1. The van der Waals surface area contributed by atoms with Crippen LogP contribution in [-0.4, -0.2) is 31.5 Å². The van der Waals surface area contributed by atoms with Gasteiger partial charge in [0.05, 0.1) is 7.11 Å². The maximum atomic E-state index is 12.4. The fourth-order valence-electron chi connectivity index (χ4n) is 2.83. The van der Waals surface area contributed by atoms with Crippen molar-refractivity contribution in [2.75, 3.05) is 13.7 Å². The first-order chi connectivity index (χ1) is 10.6. The number of benzene rings is 1. The molecule has 124 valence electrons. The van der Waals surface area contributed by atoms with Crippen molar-refractivity contribution >= 4 is 0 Å². The van der Waals surface area contributed by atoms with E-state index in [-0.39, 0.29) is 12.4 Å². The molecule has 0 spiro atoms. The fourth-order valence-corrected chi connectivity index (χ4v) is 2.83. The molecule has 4 nitrogen and oxygen atoms in total. The Morgan fingerprint density at radius 3 is 2.55 bits per heavy atom. The van der Waals surface area contributed by atoms with Gasteiger partial charge in [-0.1, -0.05) is 6.07 Å². The minimum atomic E-state index is -2.87. The second kappa shape index (κ2) is 8.29. The van der Waals surface area contributed by atoms with Gasteiger partial charge in [-0.05, 0) is 49.3 Å². The van der Waals surface area contributed by atoms with Crippen LogP contribution in [0.5, 0.6) is 11.5 Å². The third kappa shape index (κ3) is 4.81. The lowest BCUT2D eigenvalue weighted by atomic mass is 9.86. The van der Waals surface area contributed by atoms with Crippen molar-refractivity contribution in [2.24, 2.45) is 5.92 Å². The molecular formula is C16H23F2NO3. The summed E-state index contributed by atoms with van der Waals surface area (Å²) in [6, 6.07) is 5.46. The molecule has 0 bridgehead atoms. The zero-order valence-corrected chi connectivity index (χ0v) is 12.7. The molecule has 0 aliphatic heterocycles. The maximum Gasteiger partial charge on any atom is 0.387 e. The van der Waals surface area contributed by atoms with Crippen LogP contribution in [0.3, 0.4) is 0 Å². The van der Waals surface area contributed by atoms with Gasteiger partial charge in [-0.2, -0.15) is 8.78 Å². The second-order valence-electron chi connectivity index (χ2n) is 5.64. The lowest BCUT2D eigenvalue weighted by molar-refractivity contribution is -0.0512. The molecule has 0 heterocycles. The number of halogens is 2. The smallest absolute Gasteiger partial charge is 0.387 e. The van der Waals surface area contributed by atoms with Gasteiger partial charge in [0, 0.05) is 19.2 Å². The molecule has 1 fully saturated rings. The first-order valence-corrected chi connectivity index (χ1v) is 7.58. The molecule has 6 heteroatoms. The molecule has 1 aromatic rings. The second-order valence-corrected chi connectivity index (χ2v) is 5.64. The predicted molar refractivity (Wildman–Crippen MR) is 79.3 cm³/mol. The number of nitrogens with one attached hydrogen (secondary N) is 1. The Balaban J connectivity index is 1.90. The Morgan fingerprint density at radius 1 is 1.23 bits per heavy atom. The number of methoxy groups -OCH3 is 1. The van der Waals surface area contributed by atoms with Crippen LogP contribution in [0, 0.1) is 5.92 Å². The number of hydrogen-bond donors (Lipinski definition) is 2. The van der Waals surface area contributed by atoms with E-state index in [2.05, 4.69) is 10.1 Å². The summed E-state index contributed by atoms with van der Waals surface area (Å²) in [4.78, 5) is 0. The third-order valence-corrected chi connectivity index (χ3v) is 4.14. The van der Waals surface area contributed by atoms with Crippen LogP contribution in [0.2, 0.25) is 0 Å². The molecule has 2 rings (SSSR count). The number of rotatable bonds is 7. The minimum Gasteiger partial charge on any atom is -0.493 e. The van der Waals surface area contributed by atoms with E-state index in [0.29, 0.717) is 24.3 Å². The number of alkyl halides is 2. The summed E-state index contributed by atoms with van der Waals surface area (Å²) < 4.78 is 34.3. The van der Waals surface area contributed by atoms with E-state index in [1.54, 1.807) is 12.1 Å². The molecule has 0 radical (unpaired) electrons. The molecule has 1 saturated carbocycles. The third-order valence-electron chi connectivity index (χ3n) is 4.14. The summed E-state index contributed by atoms with van der Waals surface area (Å²) in [5.74, 6) is 0.776. The van der Waals surface area contributed by atoms with Crippen molar-refractivity contribution < 1.29 is 23.4 Å². The summed E-state index contributed by atoms with van der Waals surface area (Å²) in [5, 5.41) is 12.6. The quantitative estimate of drug-likeness (QED) is 0.812. The van der Waals surface area contributed by atoms with E-state index in [0.717, 1.165) is 31.2 Å². The molecular weight excluding hydrogens is 292 g/mol. The normalized spacial score (nSPS) is 21.9. The molecule has 1 aromatic carbocycles. The Kier molecular flexibility index (Phi) is 6.39. The molecule has 0 saturated heterocycles. The summed E-state index contributed by atoms with van der Waals surface area (Å²) in [6.07, 6.45) is 4.11. The Morgan fingerprint density at radius 2 is 1.95 bits per heavy atom. The average Bonchev–Trinajstić information content (AvgIpc) is 2.53. The monoisotopic (exact) mass is 315 g/mol. The zero-order chi connectivity index (χ0) is 15.9. The standard InChI is InChI=1S/C16H23F2NO3/c1-21-14-7-4-12(8-15(14)22-16(17)18)9-19-13-5-2-11(10-20)3-6-13/h4,7-8,11,13,16,19-20H,2-3,5-6,9-10H2,1H3. The van der Waals surface area contributed by atoms with Crippen molar-refractivity contribution in [3.63, 3.8) is 0 Å². The Bertz CT molecular complexity index is 463. The van der Waals surface area contributed by atoms with Crippen molar-refractivity contribution in [2.45, 2.75) is 44.9 Å². The fraction of sp³-hybridized carbons (Fsp3) is 0.625. The lowest BCUT2D eigenvalue weighted by Crippen LogP contribution is -2.33. The van der Waals surface area contributed by atoms with Gasteiger partial charge in [-0.25, -0.2) is 0 Å². The van der Waals surface area contributed by atoms with Gasteiger partial charge in [-0.3, -0.25) is 0 Å². The van der Waals surface area contributed by atoms with Crippen LogP contribution in [-0.2, 0) is 6.54 Å². The number of aliphatic hydroxyl groups is 1. The van der Waals surface area contributed by atoms with Gasteiger partial charge in [-0.15, -0.1) is 0 Å². The highest BCUT2D eigenvalue weighted by molar-refractivity contribution is 5.43. The first kappa shape index (κ1) is 17.0. The van der Waals surface area contributed by atoms with E-state index >= 15 is 0 Å². The molecule has 0 amide bonds. The predicted octanol–water partition coefficient (Wildman–Crippen LogP) is 2.94.